The number of halogens is 1. The van der Waals surface area contributed by atoms with Crippen LogP contribution in [-0.2, 0) is 16.1 Å². The largest absolute Gasteiger partial charge is 0.497 e. The third-order valence-corrected chi connectivity index (χ3v) is 4.00. The number of ether oxygens (including phenoxy) is 1. The Hall–Kier alpha value is -2.93. The van der Waals surface area contributed by atoms with Gasteiger partial charge < -0.3 is 19.9 Å². The minimum Gasteiger partial charge on any atom is -0.497 e. The highest BCUT2D eigenvalue weighted by molar-refractivity contribution is 5.91. The van der Waals surface area contributed by atoms with Crippen molar-refractivity contribution in [1.82, 2.24) is 4.90 Å². The molecule has 144 valence electrons. The van der Waals surface area contributed by atoms with E-state index < -0.39 is 5.82 Å². The predicted molar refractivity (Wildman–Crippen MR) is 101 cm³/mol. The van der Waals surface area contributed by atoms with Crippen molar-refractivity contribution in [3.63, 3.8) is 0 Å². The van der Waals surface area contributed by atoms with E-state index in [-0.39, 0.29) is 24.9 Å². The van der Waals surface area contributed by atoms with Gasteiger partial charge in [-0.25, -0.2) is 4.39 Å². The Kier molecular flexibility index (Phi) is 7.31. The number of carbonyl (C=O) groups is 2. The Morgan fingerprint density at radius 3 is 2.59 bits per heavy atom. The maximum Gasteiger partial charge on any atom is 0.279 e. The lowest BCUT2D eigenvalue weighted by Crippen LogP contribution is -3.11. The summed E-state index contributed by atoms with van der Waals surface area (Å²) in [4.78, 5) is 26.8. The van der Waals surface area contributed by atoms with Crippen molar-refractivity contribution >= 4 is 17.5 Å². The lowest BCUT2D eigenvalue weighted by atomic mass is 10.2. The third-order valence-electron chi connectivity index (χ3n) is 4.00. The van der Waals surface area contributed by atoms with Gasteiger partial charge in [0.2, 0.25) is 0 Å². The zero-order valence-corrected chi connectivity index (χ0v) is 15.8. The molecule has 0 fully saturated rings. The van der Waals surface area contributed by atoms with Crippen LogP contribution in [0.4, 0.5) is 10.1 Å². The second-order valence-electron chi connectivity index (χ2n) is 6.47. The van der Waals surface area contributed by atoms with Crippen molar-refractivity contribution in [2.45, 2.75) is 6.54 Å². The quantitative estimate of drug-likeness (QED) is 0.723. The maximum atomic E-state index is 13.2. The number of methoxy groups -OCH3 is 1. The summed E-state index contributed by atoms with van der Waals surface area (Å²) in [6.45, 7) is 0.741. The predicted octanol–water partition coefficient (Wildman–Crippen LogP) is 0.946. The van der Waals surface area contributed by atoms with E-state index in [0.29, 0.717) is 12.2 Å². The minimum absolute atomic E-state index is 0.0751. The smallest absolute Gasteiger partial charge is 0.279 e. The highest BCUT2D eigenvalue weighted by atomic mass is 19.1. The van der Waals surface area contributed by atoms with E-state index in [9.17, 15) is 14.0 Å². The van der Waals surface area contributed by atoms with Gasteiger partial charge in [-0.05, 0) is 35.9 Å². The van der Waals surface area contributed by atoms with Crippen molar-refractivity contribution in [3.8, 4) is 5.75 Å². The average molecular weight is 374 g/mol. The molecule has 2 aromatic carbocycles. The first-order chi connectivity index (χ1) is 12.9. The van der Waals surface area contributed by atoms with Crippen molar-refractivity contribution in [3.05, 3.63) is 59.9 Å². The minimum atomic E-state index is -0.414. The van der Waals surface area contributed by atoms with Crippen molar-refractivity contribution in [1.29, 1.82) is 0 Å². The molecule has 1 unspecified atom stereocenters. The van der Waals surface area contributed by atoms with Gasteiger partial charge in [-0.2, -0.15) is 0 Å². The SMILES string of the molecule is COc1cccc(CN(C)C(=O)C[NH+](C)CC(=O)Nc2cccc(F)c2)c1. The molecule has 2 amide bonds. The number of amides is 2. The summed E-state index contributed by atoms with van der Waals surface area (Å²) in [5.74, 6) is -0.0248. The summed E-state index contributed by atoms with van der Waals surface area (Å²) in [5.41, 5.74) is 1.36. The molecule has 1 atom stereocenters. The highest BCUT2D eigenvalue weighted by Gasteiger charge is 2.18. The van der Waals surface area contributed by atoms with Crippen LogP contribution >= 0.6 is 0 Å². The molecule has 0 spiro atoms. The van der Waals surface area contributed by atoms with Crippen LogP contribution in [0.3, 0.4) is 0 Å². The van der Waals surface area contributed by atoms with Gasteiger partial charge in [-0.3, -0.25) is 9.59 Å². The Morgan fingerprint density at radius 2 is 1.89 bits per heavy atom. The van der Waals surface area contributed by atoms with Crippen molar-refractivity contribution in [2.75, 3.05) is 39.6 Å². The number of benzene rings is 2. The summed E-state index contributed by atoms with van der Waals surface area (Å²) in [6, 6.07) is 13.2. The van der Waals surface area contributed by atoms with Crippen LogP contribution in [0.25, 0.3) is 0 Å². The fraction of sp³-hybridized carbons (Fsp3) is 0.300. The van der Waals surface area contributed by atoms with Crippen LogP contribution in [0.2, 0.25) is 0 Å². The molecule has 0 aliphatic carbocycles. The first-order valence-corrected chi connectivity index (χ1v) is 8.61. The summed E-state index contributed by atoms with van der Waals surface area (Å²) in [5, 5.41) is 2.63. The van der Waals surface area contributed by atoms with Crippen molar-refractivity contribution in [2.24, 2.45) is 0 Å². The molecule has 0 radical (unpaired) electrons. The Bertz CT molecular complexity index is 798. The van der Waals surface area contributed by atoms with Gasteiger partial charge in [0.05, 0.1) is 14.2 Å². The molecule has 6 nitrogen and oxygen atoms in total. The molecule has 2 aromatic rings. The number of hydrogen-bond acceptors (Lipinski definition) is 3. The number of likely N-dealkylation sites (N-methyl/N-ethyl adjacent to an activating group) is 2. The average Bonchev–Trinajstić information content (AvgIpc) is 2.61. The number of quaternary nitrogens is 1. The van der Waals surface area contributed by atoms with Gasteiger partial charge in [0.1, 0.15) is 11.6 Å². The van der Waals surface area contributed by atoms with Crippen LogP contribution in [0.1, 0.15) is 5.56 Å². The number of hydrogen-bond donors (Lipinski definition) is 2. The van der Waals surface area contributed by atoms with E-state index in [2.05, 4.69) is 5.32 Å². The molecule has 0 heterocycles. The van der Waals surface area contributed by atoms with Gasteiger partial charge in [0.25, 0.3) is 11.8 Å². The Balaban J connectivity index is 1.82. The molecule has 2 N–H and O–H groups in total. The van der Waals surface area contributed by atoms with E-state index >= 15 is 0 Å². The monoisotopic (exact) mass is 374 g/mol. The van der Waals surface area contributed by atoms with E-state index in [0.717, 1.165) is 16.2 Å². The van der Waals surface area contributed by atoms with E-state index in [1.807, 2.05) is 24.3 Å². The molecule has 2 rings (SSSR count). The number of rotatable bonds is 8. The standard InChI is InChI=1S/C20H24FN3O3/c1-23(13-19(25)22-17-8-5-7-16(21)11-17)14-20(26)24(2)12-15-6-4-9-18(10-15)27-3/h4-11H,12-14H2,1-3H3,(H,22,25)/p+1. The van der Waals surface area contributed by atoms with E-state index in [1.165, 1.54) is 18.2 Å². The van der Waals surface area contributed by atoms with E-state index in [1.54, 1.807) is 32.2 Å². The molecule has 0 aliphatic rings. The molecule has 0 aliphatic heterocycles. The van der Waals surface area contributed by atoms with Gasteiger partial charge in [0, 0.05) is 19.3 Å². The summed E-state index contributed by atoms with van der Waals surface area (Å²) in [7, 11) is 5.09. The zero-order valence-electron chi connectivity index (χ0n) is 15.8. The lowest BCUT2D eigenvalue weighted by Gasteiger charge is -2.20. The van der Waals surface area contributed by atoms with Gasteiger partial charge in [-0.1, -0.05) is 18.2 Å². The Labute approximate surface area is 158 Å². The Morgan fingerprint density at radius 1 is 1.15 bits per heavy atom. The first-order valence-electron chi connectivity index (χ1n) is 8.61. The topological polar surface area (TPSA) is 63.1 Å². The fourth-order valence-corrected chi connectivity index (χ4v) is 2.63. The van der Waals surface area contributed by atoms with Crippen LogP contribution in [0.15, 0.2) is 48.5 Å². The lowest BCUT2D eigenvalue weighted by molar-refractivity contribution is -0.862. The first kappa shape index (κ1) is 20.4. The van der Waals surface area contributed by atoms with Crippen molar-refractivity contribution < 1.29 is 23.6 Å². The highest BCUT2D eigenvalue weighted by Crippen LogP contribution is 2.13. The van der Waals surface area contributed by atoms with Gasteiger partial charge in [-0.15, -0.1) is 0 Å². The molecular formula is C20H25FN3O3+. The summed E-state index contributed by atoms with van der Waals surface area (Å²) < 4.78 is 18.3. The summed E-state index contributed by atoms with van der Waals surface area (Å²) >= 11 is 0. The van der Waals surface area contributed by atoms with Crippen LogP contribution in [0.5, 0.6) is 5.75 Å². The zero-order chi connectivity index (χ0) is 19.8. The normalized spacial score (nSPS) is 11.6. The number of nitrogens with one attached hydrogen (secondary N) is 2. The molecule has 7 heteroatoms. The molecule has 0 aromatic heterocycles. The molecular weight excluding hydrogens is 349 g/mol. The van der Waals surface area contributed by atoms with Gasteiger partial charge in [0.15, 0.2) is 13.1 Å². The molecule has 0 bridgehead atoms. The number of carbonyl (C=O) groups excluding carboxylic acids is 2. The molecule has 0 saturated carbocycles. The van der Waals surface area contributed by atoms with Crippen LogP contribution in [-0.4, -0.2) is 51.0 Å². The maximum absolute atomic E-state index is 13.2. The second kappa shape index (κ2) is 9.68. The van der Waals surface area contributed by atoms with Crippen LogP contribution in [0, 0.1) is 5.82 Å². The van der Waals surface area contributed by atoms with Crippen LogP contribution < -0.4 is 15.0 Å². The number of nitrogens with zero attached hydrogens (tertiary/aromatic N) is 1. The third kappa shape index (κ3) is 6.71. The second-order valence-corrected chi connectivity index (χ2v) is 6.47. The summed E-state index contributed by atoms with van der Waals surface area (Å²) in [6.07, 6.45) is 0. The molecule has 0 saturated heterocycles. The molecule has 27 heavy (non-hydrogen) atoms. The number of anilines is 1. The van der Waals surface area contributed by atoms with E-state index in [4.69, 9.17) is 4.74 Å². The van der Waals surface area contributed by atoms with Gasteiger partial charge >= 0.3 is 0 Å². The fourth-order valence-electron chi connectivity index (χ4n) is 2.63.